The third-order valence-electron chi connectivity index (χ3n) is 4.91. The molecule has 0 atom stereocenters. The highest BCUT2D eigenvalue weighted by atomic mass is 19.4. The van der Waals surface area contributed by atoms with Gasteiger partial charge in [-0.2, -0.15) is 18.2 Å². The van der Waals surface area contributed by atoms with Crippen molar-refractivity contribution in [2.45, 2.75) is 59.1 Å². The van der Waals surface area contributed by atoms with Gasteiger partial charge in [0.25, 0.3) is 11.6 Å². The van der Waals surface area contributed by atoms with Crippen LogP contribution in [0.5, 0.6) is 0 Å². The first-order valence-electron chi connectivity index (χ1n) is 9.28. The van der Waals surface area contributed by atoms with Gasteiger partial charge in [-0.3, -0.25) is 4.79 Å². The third-order valence-corrected chi connectivity index (χ3v) is 4.91. The molecule has 0 aromatic carbocycles. The van der Waals surface area contributed by atoms with Crippen molar-refractivity contribution in [3.63, 3.8) is 0 Å². The number of hydrogen-bond donors (Lipinski definition) is 0. The predicted molar refractivity (Wildman–Crippen MR) is 93.2 cm³/mol. The van der Waals surface area contributed by atoms with Crippen LogP contribution in [0.25, 0.3) is 5.78 Å². The first-order valence-corrected chi connectivity index (χ1v) is 9.28. The van der Waals surface area contributed by atoms with Crippen molar-refractivity contribution in [1.82, 2.24) is 24.5 Å². The second-order valence-electron chi connectivity index (χ2n) is 7.19. The second kappa shape index (κ2) is 7.44. The fourth-order valence-corrected chi connectivity index (χ4v) is 3.28. The quantitative estimate of drug-likeness (QED) is 0.736. The highest BCUT2D eigenvalue weighted by Gasteiger charge is 2.37. The van der Waals surface area contributed by atoms with Crippen LogP contribution in [0.3, 0.4) is 0 Å². The van der Waals surface area contributed by atoms with E-state index in [0.29, 0.717) is 30.1 Å². The molecule has 1 aliphatic carbocycles. The summed E-state index contributed by atoms with van der Waals surface area (Å²) in [6.45, 7) is 7.00. The van der Waals surface area contributed by atoms with Gasteiger partial charge < -0.3 is 4.90 Å². The highest BCUT2D eigenvalue weighted by molar-refractivity contribution is 5.76. The molecule has 0 bridgehead atoms. The molecule has 1 amide bonds. The first-order chi connectivity index (χ1) is 12.7. The molecule has 1 saturated carbocycles. The van der Waals surface area contributed by atoms with Gasteiger partial charge in [0.2, 0.25) is 5.91 Å². The van der Waals surface area contributed by atoms with Crippen LogP contribution in [0.1, 0.15) is 55.4 Å². The topological polar surface area (TPSA) is 63.4 Å². The van der Waals surface area contributed by atoms with Gasteiger partial charge in [0.1, 0.15) is 0 Å². The molecular formula is C18H24F3N5O. The van der Waals surface area contributed by atoms with E-state index in [1.807, 2.05) is 11.8 Å². The van der Waals surface area contributed by atoms with Gasteiger partial charge in [-0.1, -0.05) is 6.92 Å². The number of aromatic nitrogens is 4. The van der Waals surface area contributed by atoms with E-state index in [4.69, 9.17) is 0 Å². The predicted octanol–water partition coefficient (Wildman–Crippen LogP) is 3.34. The molecule has 0 unspecified atom stereocenters. The summed E-state index contributed by atoms with van der Waals surface area (Å²) in [5.74, 6) is -0.576. The third kappa shape index (κ3) is 4.39. The van der Waals surface area contributed by atoms with Crippen LogP contribution in [-0.2, 0) is 17.4 Å². The Morgan fingerprint density at radius 3 is 2.56 bits per heavy atom. The fourth-order valence-electron chi connectivity index (χ4n) is 3.28. The standard InChI is InChI=1S/C18H24F3N5O/c1-4-9-25(10-13-5-6-13)15(27)8-7-14-11(2)22-17-23-16(18(19,20)21)24-26(17)12(14)3/h13H,4-10H2,1-3H3. The van der Waals surface area contributed by atoms with Crippen LogP contribution in [0.2, 0.25) is 0 Å². The van der Waals surface area contributed by atoms with Gasteiger partial charge in [-0.05, 0) is 51.0 Å². The van der Waals surface area contributed by atoms with Crippen molar-refractivity contribution < 1.29 is 18.0 Å². The Hall–Kier alpha value is -2.19. The summed E-state index contributed by atoms with van der Waals surface area (Å²) < 4.78 is 39.7. The molecule has 1 fully saturated rings. The van der Waals surface area contributed by atoms with Crippen LogP contribution in [0.4, 0.5) is 13.2 Å². The first kappa shape index (κ1) is 19.6. The monoisotopic (exact) mass is 383 g/mol. The maximum atomic E-state index is 12.9. The molecular weight excluding hydrogens is 359 g/mol. The van der Waals surface area contributed by atoms with Crippen LogP contribution in [-0.4, -0.2) is 43.5 Å². The largest absolute Gasteiger partial charge is 0.453 e. The van der Waals surface area contributed by atoms with Gasteiger partial charge in [0.15, 0.2) is 0 Å². The molecule has 9 heteroatoms. The molecule has 27 heavy (non-hydrogen) atoms. The normalized spacial score (nSPS) is 14.7. The van der Waals surface area contributed by atoms with Crippen LogP contribution >= 0.6 is 0 Å². The molecule has 6 nitrogen and oxygen atoms in total. The average molecular weight is 383 g/mol. The van der Waals surface area contributed by atoms with E-state index in [1.54, 1.807) is 13.8 Å². The van der Waals surface area contributed by atoms with E-state index >= 15 is 0 Å². The maximum Gasteiger partial charge on any atom is 0.453 e. The van der Waals surface area contributed by atoms with E-state index in [0.717, 1.165) is 29.6 Å². The fraction of sp³-hybridized carbons (Fsp3) is 0.667. The summed E-state index contributed by atoms with van der Waals surface area (Å²) in [7, 11) is 0. The molecule has 1 aliphatic rings. The molecule has 2 aromatic heterocycles. The number of fused-ring (bicyclic) bond motifs is 1. The van der Waals surface area contributed by atoms with E-state index in [9.17, 15) is 18.0 Å². The number of rotatable bonds is 7. The highest BCUT2D eigenvalue weighted by Crippen LogP contribution is 2.30. The Morgan fingerprint density at radius 1 is 1.26 bits per heavy atom. The number of amides is 1. The number of halogens is 3. The van der Waals surface area contributed by atoms with E-state index < -0.39 is 12.0 Å². The van der Waals surface area contributed by atoms with Gasteiger partial charge in [0.05, 0.1) is 0 Å². The molecule has 0 aliphatic heterocycles. The Labute approximate surface area is 155 Å². The molecule has 3 rings (SSSR count). The van der Waals surface area contributed by atoms with E-state index in [2.05, 4.69) is 15.1 Å². The average Bonchev–Trinajstić information content (AvgIpc) is 3.29. The Bertz CT molecular complexity index is 842. The molecule has 0 radical (unpaired) electrons. The maximum absolute atomic E-state index is 12.9. The summed E-state index contributed by atoms with van der Waals surface area (Å²) in [5.41, 5.74) is 1.87. The molecule has 0 N–H and O–H groups in total. The lowest BCUT2D eigenvalue weighted by molar-refractivity contribution is -0.144. The Morgan fingerprint density at radius 2 is 1.96 bits per heavy atom. The zero-order valence-corrected chi connectivity index (χ0v) is 15.8. The Balaban J connectivity index is 1.78. The lowest BCUT2D eigenvalue weighted by Crippen LogP contribution is -2.33. The number of aryl methyl sites for hydroxylation is 2. The number of alkyl halides is 3. The molecule has 2 heterocycles. The van der Waals surface area contributed by atoms with Gasteiger partial charge in [-0.25, -0.2) is 9.50 Å². The van der Waals surface area contributed by atoms with Crippen molar-refractivity contribution in [3.8, 4) is 0 Å². The second-order valence-corrected chi connectivity index (χ2v) is 7.19. The Kier molecular flexibility index (Phi) is 5.39. The number of carbonyl (C=O) groups excluding carboxylic acids is 1. The molecule has 0 saturated heterocycles. The van der Waals surface area contributed by atoms with Crippen molar-refractivity contribution >= 4 is 11.7 Å². The summed E-state index contributed by atoms with van der Waals surface area (Å²) in [4.78, 5) is 22.1. The zero-order chi connectivity index (χ0) is 19.8. The van der Waals surface area contributed by atoms with Crippen LogP contribution in [0, 0.1) is 19.8 Å². The van der Waals surface area contributed by atoms with Crippen molar-refractivity contribution in [2.75, 3.05) is 13.1 Å². The van der Waals surface area contributed by atoms with Crippen molar-refractivity contribution in [2.24, 2.45) is 5.92 Å². The minimum absolute atomic E-state index is 0.0752. The minimum atomic E-state index is -4.62. The number of hydrogen-bond acceptors (Lipinski definition) is 4. The molecule has 2 aromatic rings. The van der Waals surface area contributed by atoms with Crippen molar-refractivity contribution in [1.29, 1.82) is 0 Å². The summed E-state index contributed by atoms with van der Waals surface area (Å²) in [6.07, 6.45) is -0.620. The summed E-state index contributed by atoms with van der Waals surface area (Å²) in [6, 6.07) is 0. The van der Waals surface area contributed by atoms with E-state index in [-0.39, 0.29) is 11.7 Å². The van der Waals surface area contributed by atoms with Crippen LogP contribution in [0.15, 0.2) is 0 Å². The van der Waals surface area contributed by atoms with E-state index in [1.165, 1.54) is 12.8 Å². The van der Waals surface area contributed by atoms with Gasteiger partial charge in [0, 0.05) is 30.9 Å². The van der Waals surface area contributed by atoms with Crippen LogP contribution < -0.4 is 0 Å². The van der Waals surface area contributed by atoms with Crippen molar-refractivity contribution in [3.05, 3.63) is 22.8 Å². The lowest BCUT2D eigenvalue weighted by atomic mass is 10.1. The smallest absolute Gasteiger partial charge is 0.342 e. The molecule has 0 spiro atoms. The van der Waals surface area contributed by atoms with Gasteiger partial charge >= 0.3 is 6.18 Å². The minimum Gasteiger partial charge on any atom is -0.342 e. The summed E-state index contributed by atoms with van der Waals surface area (Å²) >= 11 is 0. The zero-order valence-electron chi connectivity index (χ0n) is 15.8. The lowest BCUT2D eigenvalue weighted by Gasteiger charge is -2.22. The SMILES string of the molecule is CCCN(CC1CC1)C(=O)CCc1c(C)nc2nc(C(F)(F)F)nn2c1C. The molecule has 148 valence electrons. The summed E-state index contributed by atoms with van der Waals surface area (Å²) in [5, 5.41) is 3.55. The van der Waals surface area contributed by atoms with Gasteiger partial charge in [-0.15, -0.1) is 5.10 Å². The number of nitrogens with zero attached hydrogens (tertiary/aromatic N) is 5. The number of carbonyl (C=O) groups is 1.